The number of thiophene rings is 1. The maximum Gasteiger partial charge on any atom is 0.257 e. The predicted octanol–water partition coefficient (Wildman–Crippen LogP) is 5.49. The van der Waals surface area contributed by atoms with Crippen LogP contribution in [0.25, 0.3) is 22.2 Å². The molecule has 8 heteroatoms. The number of aromatic nitrogens is 2. The summed E-state index contributed by atoms with van der Waals surface area (Å²) in [5.41, 5.74) is 8.24. The molecule has 3 aromatic heterocycles. The molecule has 3 N–H and O–H groups in total. The summed E-state index contributed by atoms with van der Waals surface area (Å²) in [6.07, 6.45) is 3.36. The van der Waals surface area contributed by atoms with Crippen LogP contribution >= 0.6 is 22.9 Å². The smallest absolute Gasteiger partial charge is 0.257 e. The molecule has 31 heavy (non-hydrogen) atoms. The highest BCUT2D eigenvalue weighted by Gasteiger charge is 2.20. The molecule has 0 spiro atoms. The van der Waals surface area contributed by atoms with Crippen molar-refractivity contribution in [2.45, 2.75) is 19.8 Å². The van der Waals surface area contributed by atoms with Crippen LogP contribution in [-0.4, -0.2) is 21.8 Å². The molecule has 0 fully saturated rings. The van der Waals surface area contributed by atoms with Crippen molar-refractivity contribution in [2.75, 3.05) is 5.32 Å². The number of fused-ring (bicyclic) bond motifs is 1. The zero-order valence-electron chi connectivity index (χ0n) is 16.8. The Balaban J connectivity index is 1.82. The van der Waals surface area contributed by atoms with Gasteiger partial charge < -0.3 is 11.1 Å². The molecule has 0 radical (unpaired) electrons. The number of pyridine rings is 2. The molecule has 0 saturated carbocycles. The van der Waals surface area contributed by atoms with Gasteiger partial charge in [-0.15, -0.1) is 11.3 Å². The van der Waals surface area contributed by atoms with Crippen molar-refractivity contribution in [3.8, 4) is 11.3 Å². The van der Waals surface area contributed by atoms with Gasteiger partial charge in [0.1, 0.15) is 5.00 Å². The first-order valence-electron chi connectivity index (χ1n) is 9.59. The number of hydrogen-bond donors (Lipinski definition) is 2. The topological polar surface area (TPSA) is 98.0 Å². The van der Waals surface area contributed by atoms with E-state index < -0.39 is 5.91 Å². The lowest BCUT2D eigenvalue weighted by atomic mass is 10.0. The van der Waals surface area contributed by atoms with Crippen molar-refractivity contribution in [2.24, 2.45) is 5.73 Å². The van der Waals surface area contributed by atoms with Crippen LogP contribution in [-0.2, 0) is 0 Å². The Morgan fingerprint density at radius 1 is 1.13 bits per heavy atom. The fourth-order valence-corrected chi connectivity index (χ4v) is 4.42. The Morgan fingerprint density at radius 2 is 1.94 bits per heavy atom. The molecule has 6 nitrogen and oxygen atoms in total. The van der Waals surface area contributed by atoms with Gasteiger partial charge in [0.25, 0.3) is 11.8 Å². The minimum Gasteiger partial charge on any atom is -0.366 e. The summed E-state index contributed by atoms with van der Waals surface area (Å²) in [5, 5.41) is 4.40. The van der Waals surface area contributed by atoms with Crippen LogP contribution in [0.3, 0.4) is 0 Å². The van der Waals surface area contributed by atoms with Crippen LogP contribution < -0.4 is 11.1 Å². The second-order valence-corrected chi connectivity index (χ2v) is 8.84. The van der Waals surface area contributed by atoms with Crippen LogP contribution in [0.15, 0.2) is 54.9 Å². The van der Waals surface area contributed by atoms with Gasteiger partial charge in [-0.25, -0.2) is 4.98 Å². The SMILES string of the molecule is CC(C)c1cc(C(N)=O)c(NC(=O)c2cc(-c3cccnc3)nc3ccc(Cl)cc23)s1. The quantitative estimate of drug-likeness (QED) is 0.420. The van der Waals surface area contributed by atoms with Crippen molar-refractivity contribution < 1.29 is 9.59 Å². The molecule has 0 aliphatic heterocycles. The van der Waals surface area contributed by atoms with E-state index in [-0.39, 0.29) is 11.8 Å². The first-order valence-corrected chi connectivity index (χ1v) is 10.8. The van der Waals surface area contributed by atoms with Gasteiger partial charge in [0.2, 0.25) is 0 Å². The number of hydrogen-bond acceptors (Lipinski definition) is 5. The number of carbonyl (C=O) groups excluding carboxylic acids is 2. The number of rotatable bonds is 5. The fraction of sp³-hybridized carbons (Fsp3) is 0.130. The van der Waals surface area contributed by atoms with Crippen molar-refractivity contribution in [1.82, 2.24) is 9.97 Å². The van der Waals surface area contributed by atoms with E-state index in [1.807, 2.05) is 19.9 Å². The number of carbonyl (C=O) groups is 2. The van der Waals surface area contributed by atoms with E-state index in [4.69, 9.17) is 17.3 Å². The second-order valence-electron chi connectivity index (χ2n) is 7.32. The van der Waals surface area contributed by atoms with Gasteiger partial charge in [0.05, 0.1) is 22.3 Å². The van der Waals surface area contributed by atoms with Gasteiger partial charge in [-0.1, -0.05) is 25.4 Å². The summed E-state index contributed by atoms with van der Waals surface area (Å²) in [6.45, 7) is 4.03. The number of primary amides is 1. The first-order chi connectivity index (χ1) is 14.8. The number of nitrogens with one attached hydrogen (secondary N) is 1. The number of nitrogens with two attached hydrogens (primary N) is 1. The number of amides is 2. The summed E-state index contributed by atoms with van der Waals surface area (Å²) in [4.78, 5) is 35.0. The molecule has 0 unspecified atom stereocenters. The maximum atomic E-state index is 13.3. The molecule has 1 aromatic carbocycles. The lowest BCUT2D eigenvalue weighted by Crippen LogP contribution is -2.17. The van der Waals surface area contributed by atoms with Crippen LogP contribution in [0.2, 0.25) is 5.02 Å². The Bertz CT molecular complexity index is 1300. The predicted molar refractivity (Wildman–Crippen MR) is 125 cm³/mol. The highest BCUT2D eigenvalue weighted by atomic mass is 35.5. The van der Waals surface area contributed by atoms with Crippen LogP contribution in [0.4, 0.5) is 5.00 Å². The van der Waals surface area contributed by atoms with E-state index in [2.05, 4.69) is 15.3 Å². The molecule has 0 aliphatic rings. The third-order valence-electron chi connectivity index (χ3n) is 4.79. The minimum atomic E-state index is -0.586. The summed E-state index contributed by atoms with van der Waals surface area (Å²) in [5.74, 6) is -0.761. The van der Waals surface area contributed by atoms with Crippen molar-refractivity contribution >= 4 is 50.7 Å². The monoisotopic (exact) mass is 450 g/mol. The summed E-state index contributed by atoms with van der Waals surface area (Å²) < 4.78 is 0. The Kier molecular flexibility index (Phi) is 5.71. The van der Waals surface area contributed by atoms with E-state index in [9.17, 15) is 9.59 Å². The van der Waals surface area contributed by atoms with Crippen molar-refractivity contribution in [3.05, 3.63) is 75.9 Å². The van der Waals surface area contributed by atoms with E-state index in [1.54, 1.807) is 48.8 Å². The van der Waals surface area contributed by atoms with Crippen LogP contribution in [0.5, 0.6) is 0 Å². The zero-order valence-corrected chi connectivity index (χ0v) is 18.4. The Morgan fingerprint density at radius 3 is 2.61 bits per heavy atom. The molecule has 0 aliphatic carbocycles. The van der Waals surface area contributed by atoms with Gasteiger partial charge in [0, 0.05) is 33.2 Å². The zero-order chi connectivity index (χ0) is 22.1. The Labute approximate surface area is 188 Å². The largest absolute Gasteiger partial charge is 0.366 e. The van der Waals surface area contributed by atoms with Gasteiger partial charge >= 0.3 is 0 Å². The molecule has 156 valence electrons. The molecule has 3 heterocycles. The number of nitrogens with zero attached hydrogens (tertiary/aromatic N) is 2. The molecule has 4 rings (SSSR count). The standard InChI is InChI=1S/C23H19ClN4O2S/c1-12(2)20-10-17(21(25)29)23(31-20)28-22(30)16-9-19(13-4-3-7-26-11-13)27-18-6-5-14(24)8-15(16)18/h3-12H,1-2H3,(H2,25,29)(H,28,30). The summed E-state index contributed by atoms with van der Waals surface area (Å²) in [7, 11) is 0. The van der Waals surface area contributed by atoms with Gasteiger partial charge in [-0.3, -0.25) is 14.6 Å². The molecule has 0 atom stereocenters. The number of anilines is 1. The van der Waals surface area contributed by atoms with Gasteiger partial charge in [0.15, 0.2) is 0 Å². The van der Waals surface area contributed by atoms with E-state index >= 15 is 0 Å². The van der Waals surface area contributed by atoms with Crippen molar-refractivity contribution in [1.29, 1.82) is 0 Å². The molecular formula is C23H19ClN4O2S. The van der Waals surface area contributed by atoms with Crippen LogP contribution in [0.1, 0.15) is 45.4 Å². The first kappa shape index (κ1) is 21.0. The highest BCUT2D eigenvalue weighted by Crippen LogP contribution is 2.34. The lowest BCUT2D eigenvalue weighted by Gasteiger charge is -2.11. The van der Waals surface area contributed by atoms with Gasteiger partial charge in [-0.2, -0.15) is 0 Å². The lowest BCUT2D eigenvalue weighted by molar-refractivity contribution is 0.100. The molecule has 0 saturated heterocycles. The molecule has 4 aromatic rings. The summed E-state index contributed by atoms with van der Waals surface area (Å²) in [6, 6.07) is 12.3. The normalized spacial score (nSPS) is 11.1. The highest BCUT2D eigenvalue weighted by molar-refractivity contribution is 7.16. The van der Waals surface area contributed by atoms with Crippen molar-refractivity contribution in [3.63, 3.8) is 0 Å². The number of halogens is 1. The fourth-order valence-electron chi connectivity index (χ4n) is 3.19. The third kappa shape index (κ3) is 4.28. The number of benzene rings is 1. The van der Waals surface area contributed by atoms with E-state index in [0.29, 0.717) is 37.7 Å². The summed E-state index contributed by atoms with van der Waals surface area (Å²) >= 11 is 7.53. The van der Waals surface area contributed by atoms with Crippen LogP contribution in [0, 0.1) is 0 Å². The maximum absolute atomic E-state index is 13.3. The molecule has 0 bridgehead atoms. The van der Waals surface area contributed by atoms with E-state index in [0.717, 1.165) is 10.4 Å². The minimum absolute atomic E-state index is 0.200. The van der Waals surface area contributed by atoms with Gasteiger partial charge in [-0.05, 0) is 48.4 Å². The third-order valence-corrected chi connectivity index (χ3v) is 6.37. The second kappa shape index (κ2) is 8.45. The Hall–Kier alpha value is -3.29. The average Bonchev–Trinajstić information content (AvgIpc) is 3.18. The molecule has 2 amide bonds. The van der Waals surface area contributed by atoms with E-state index in [1.165, 1.54) is 11.3 Å². The average molecular weight is 451 g/mol. The molecular weight excluding hydrogens is 432 g/mol.